The molecule has 0 radical (unpaired) electrons. The van der Waals surface area contributed by atoms with E-state index in [-0.39, 0.29) is 0 Å². The molecule has 1 aromatic carbocycles. The number of nitrogens with two attached hydrogens (primary N) is 1. The minimum Gasteiger partial charge on any atom is -0.398 e. The van der Waals surface area contributed by atoms with Crippen molar-refractivity contribution in [2.24, 2.45) is 0 Å². The molecule has 1 atom stereocenters. The van der Waals surface area contributed by atoms with E-state index in [0.29, 0.717) is 6.04 Å². The average Bonchev–Trinajstić information content (AvgIpc) is 2.66. The third-order valence-corrected chi connectivity index (χ3v) is 3.50. The molecule has 15 heavy (non-hydrogen) atoms. The first-order valence-electron chi connectivity index (χ1n) is 5.89. The summed E-state index contributed by atoms with van der Waals surface area (Å²) < 4.78 is 0. The Bertz CT molecular complexity index is 342. The van der Waals surface area contributed by atoms with Crippen LogP contribution in [0.2, 0.25) is 0 Å². The summed E-state index contributed by atoms with van der Waals surface area (Å²) in [4.78, 5) is 2.50. The number of nitrogen functional groups attached to an aromatic ring is 1. The summed E-state index contributed by atoms with van der Waals surface area (Å²) in [5.74, 6) is 0. The number of benzene rings is 1. The second-order valence-electron chi connectivity index (χ2n) is 4.20. The molecule has 2 N–H and O–H groups in total. The molecule has 82 valence electrons. The van der Waals surface area contributed by atoms with Crippen LogP contribution in [0.15, 0.2) is 18.2 Å². The molecule has 0 amide bonds. The van der Waals surface area contributed by atoms with E-state index in [1.54, 1.807) is 0 Å². The minimum atomic E-state index is 0.552. The van der Waals surface area contributed by atoms with Crippen molar-refractivity contribution < 1.29 is 0 Å². The topological polar surface area (TPSA) is 29.3 Å². The summed E-state index contributed by atoms with van der Waals surface area (Å²) in [6.45, 7) is 6.66. The van der Waals surface area contributed by atoms with E-state index < -0.39 is 0 Å². The van der Waals surface area contributed by atoms with Gasteiger partial charge in [-0.3, -0.25) is 4.90 Å². The van der Waals surface area contributed by atoms with Crippen molar-refractivity contribution in [3.8, 4) is 0 Å². The van der Waals surface area contributed by atoms with Crippen molar-refractivity contribution in [2.75, 3.05) is 18.8 Å². The highest BCUT2D eigenvalue weighted by Crippen LogP contribution is 2.38. The number of nitrogens with zero attached hydrogens (tertiary/aromatic N) is 1. The lowest BCUT2D eigenvalue weighted by molar-refractivity contribution is 0.219. The third-order valence-electron chi connectivity index (χ3n) is 3.50. The zero-order valence-corrected chi connectivity index (χ0v) is 9.66. The van der Waals surface area contributed by atoms with Crippen LogP contribution in [0.3, 0.4) is 0 Å². The molecule has 0 aliphatic heterocycles. The standard InChI is InChI=1S/C13H20N2/c1-3-15(4-2)12-9-8-10-6-5-7-11(14)13(10)12/h5-7,12H,3-4,8-9,14H2,1-2H3. The van der Waals surface area contributed by atoms with E-state index in [0.717, 1.165) is 18.8 Å². The molecule has 0 fully saturated rings. The Morgan fingerprint density at radius 2 is 2.07 bits per heavy atom. The average molecular weight is 204 g/mol. The molecular weight excluding hydrogens is 184 g/mol. The lowest BCUT2D eigenvalue weighted by Gasteiger charge is -2.27. The monoisotopic (exact) mass is 204 g/mol. The van der Waals surface area contributed by atoms with Crippen molar-refractivity contribution in [1.82, 2.24) is 4.90 Å². The van der Waals surface area contributed by atoms with Crippen molar-refractivity contribution in [1.29, 1.82) is 0 Å². The largest absolute Gasteiger partial charge is 0.398 e. The number of fused-ring (bicyclic) bond motifs is 1. The van der Waals surface area contributed by atoms with Gasteiger partial charge < -0.3 is 5.73 Å². The fourth-order valence-corrected chi connectivity index (χ4v) is 2.72. The van der Waals surface area contributed by atoms with Crippen molar-refractivity contribution >= 4 is 5.69 Å². The highest BCUT2D eigenvalue weighted by molar-refractivity contribution is 5.54. The van der Waals surface area contributed by atoms with Gasteiger partial charge in [0.2, 0.25) is 0 Å². The van der Waals surface area contributed by atoms with Gasteiger partial charge in [-0.15, -0.1) is 0 Å². The number of rotatable bonds is 3. The maximum Gasteiger partial charge on any atom is 0.0374 e. The number of hydrogen-bond acceptors (Lipinski definition) is 2. The Morgan fingerprint density at radius 1 is 1.33 bits per heavy atom. The highest BCUT2D eigenvalue weighted by atomic mass is 15.1. The highest BCUT2D eigenvalue weighted by Gasteiger charge is 2.27. The van der Waals surface area contributed by atoms with Crippen LogP contribution in [0.1, 0.15) is 37.4 Å². The van der Waals surface area contributed by atoms with Gasteiger partial charge in [-0.1, -0.05) is 26.0 Å². The molecule has 0 aromatic heterocycles. The molecule has 1 unspecified atom stereocenters. The fourth-order valence-electron chi connectivity index (χ4n) is 2.72. The van der Waals surface area contributed by atoms with E-state index in [9.17, 15) is 0 Å². The predicted octanol–water partition coefficient (Wildman–Crippen LogP) is 2.60. The Hall–Kier alpha value is -1.02. The lowest BCUT2D eigenvalue weighted by Crippen LogP contribution is -2.27. The van der Waals surface area contributed by atoms with Crippen molar-refractivity contribution in [2.45, 2.75) is 32.7 Å². The van der Waals surface area contributed by atoms with Gasteiger partial charge in [-0.2, -0.15) is 0 Å². The lowest BCUT2D eigenvalue weighted by atomic mass is 10.0. The van der Waals surface area contributed by atoms with Crippen LogP contribution >= 0.6 is 0 Å². The molecule has 0 heterocycles. The molecule has 2 heteroatoms. The van der Waals surface area contributed by atoms with Gasteiger partial charge >= 0.3 is 0 Å². The van der Waals surface area contributed by atoms with Crippen LogP contribution in [0.5, 0.6) is 0 Å². The number of anilines is 1. The first kappa shape index (κ1) is 10.5. The summed E-state index contributed by atoms with van der Waals surface area (Å²) in [5, 5.41) is 0. The smallest absolute Gasteiger partial charge is 0.0374 e. The molecule has 0 spiro atoms. The number of aryl methyl sites for hydroxylation is 1. The SMILES string of the molecule is CCN(CC)C1CCc2cccc(N)c21. The van der Waals surface area contributed by atoms with Crippen LogP contribution in [0, 0.1) is 0 Å². The third kappa shape index (κ3) is 1.74. The predicted molar refractivity (Wildman–Crippen MR) is 64.8 cm³/mol. The van der Waals surface area contributed by atoms with Gasteiger partial charge in [-0.05, 0) is 43.1 Å². The molecule has 0 saturated heterocycles. The zero-order valence-electron chi connectivity index (χ0n) is 9.66. The second-order valence-corrected chi connectivity index (χ2v) is 4.20. The van der Waals surface area contributed by atoms with Crippen LogP contribution in [0.4, 0.5) is 5.69 Å². The Balaban J connectivity index is 2.34. The van der Waals surface area contributed by atoms with Crippen molar-refractivity contribution in [3.05, 3.63) is 29.3 Å². The first-order chi connectivity index (χ1) is 7.27. The maximum absolute atomic E-state index is 6.08. The van der Waals surface area contributed by atoms with E-state index >= 15 is 0 Å². The summed E-state index contributed by atoms with van der Waals surface area (Å²) in [7, 11) is 0. The van der Waals surface area contributed by atoms with Gasteiger partial charge in [0.15, 0.2) is 0 Å². The summed E-state index contributed by atoms with van der Waals surface area (Å²) in [6.07, 6.45) is 2.41. The van der Waals surface area contributed by atoms with Gasteiger partial charge in [0.1, 0.15) is 0 Å². The van der Waals surface area contributed by atoms with E-state index in [2.05, 4.69) is 30.9 Å². The Kier molecular flexibility index (Phi) is 2.96. The Morgan fingerprint density at radius 3 is 2.73 bits per heavy atom. The normalized spacial score (nSPS) is 19.5. The summed E-state index contributed by atoms with van der Waals surface area (Å²) >= 11 is 0. The molecule has 0 bridgehead atoms. The van der Waals surface area contributed by atoms with Gasteiger partial charge in [0, 0.05) is 11.7 Å². The second kappa shape index (κ2) is 4.23. The van der Waals surface area contributed by atoms with Gasteiger partial charge in [-0.25, -0.2) is 0 Å². The van der Waals surface area contributed by atoms with Crippen LogP contribution in [-0.2, 0) is 6.42 Å². The number of hydrogen-bond donors (Lipinski definition) is 1. The molecule has 1 aliphatic carbocycles. The summed E-state index contributed by atoms with van der Waals surface area (Å²) in [5.41, 5.74) is 9.90. The maximum atomic E-state index is 6.08. The van der Waals surface area contributed by atoms with Gasteiger partial charge in [0.05, 0.1) is 0 Å². The Labute approximate surface area is 92.1 Å². The van der Waals surface area contributed by atoms with Crippen LogP contribution in [-0.4, -0.2) is 18.0 Å². The van der Waals surface area contributed by atoms with Crippen LogP contribution in [0.25, 0.3) is 0 Å². The van der Waals surface area contributed by atoms with E-state index in [1.165, 1.54) is 24.0 Å². The zero-order chi connectivity index (χ0) is 10.8. The molecule has 0 saturated carbocycles. The molecular formula is C13H20N2. The minimum absolute atomic E-state index is 0.552. The first-order valence-corrected chi connectivity index (χ1v) is 5.89. The van der Waals surface area contributed by atoms with Crippen molar-refractivity contribution in [3.63, 3.8) is 0 Å². The molecule has 2 rings (SSSR count). The molecule has 1 aromatic rings. The van der Waals surface area contributed by atoms with E-state index in [1.807, 2.05) is 6.07 Å². The van der Waals surface area contributed by atoms with Gasteiger partial charge in [0.25, 0.3) is 0 Å². The molecule has 2 nitrogen and oxygen atoms in total. The quantitative estimate of drug-likeness (QED) is 0.767. The van der Waals surface area contributed by atoms with Crippen LogP contribution < -0.4 is 5.73 Å². The molecule has 1 aliphatic rings. The van der Waals surface area contributed by atoms with E-state index in [4.69, 9.17) is 5.73 Å². The summed E-state index contributed by atoms with van der Waals surface area (Å²) in [6, 6.07) is 6.87. The fraction of sp³-hybridized carbons (Fsp3) is 0.538.